The zero-order valence-electron chi connectivity index (χ0n) is 9.32. The van der Waals surface area contributed by atoms with E-state index in [1.165, 1.54) is 6.20 Å². The number of hydrogen-bond acceptors (Lipinski definition) is 4. The quantitative estimate of drug-likeness (QED) is 0.546. The summed E-state index contributed by atoms with van der Waals surface area (Å²) < 4.78 is 7.03. The van der Waals surface area contributed by atoms with E-state index in [0.29, 0.717) is 32.4 Å². The molecule has 0 spiro atoms. The molecule has 19 heavy (non-hydrogen) atoms. The number of halogens is 3. The largest absolute Gasteiger partial charge is 0.435 e. The Morgan fingerprint density at radius 2 is 2.16 bits per heavy atom. The molecule has 0 unspecified atom stereocenters. The van der Waals surface area contributed by atoms with Crippen LogP contribution in [0.25, 0.3) is 0 Å². The van der Waals surface area contributed by atoms with Crippen LogP contribution in [0.15, 0.2) is 28.9 Å². The van der Waals surface area contributed by atoms with Crippen LogP contribution in [0.1, 0.15) is 5.56 Å². The topological polar surface area (TPSA) is 71.9 Å². The van der Waals surface area contributed by atoms with E-state index in [2.05, 4.69) is 43.5 Å². The van der Waals surface area contributed by atoms with Gasteiger partial charge < -0.3 is 10.5 Å². The minimum absolute atomic E-state index is 0.360. The number of aromatic nitrogens is 1. The summed E-state index contributed by atoms with van der Waals surface area (Å²) >= 11 is 11.2. The summed E-state index contributed by atoms with van der Waals surface area (Å²) in [6, 6.07) is 6.96. The van der Waals surface area contributed by atoms with Crippen LogP contribution in [-0.2, 0) is 0 Å². The first-order chi connectivity index (χ1) is 9.01. The van der Waals surface area contributed by atoms with Crippen LogP contribution >= 0.6 is 50.1 Å². The fraction of sp³-hybridized carbons (Fsp3) is 0. The van der Waals surface area contributed by atoms with Gasteiger partial charge in [-0.2, -0.15) is 5.26 Å². The molecule has 0 aliphatic carbocycles. The maximum atomic E-state index is 8.86. The lowest BCUT2D eigenvalue weighted by atomic mass is 10.2. The third-order valence-electron chi connectivity index (χ3n) is 2.17. The van der Waals surface area contributed by atoms with Crippen molar-refractivity contribution in [2.24, 2.45) is 0 Å². The van der Waals surface area contributed by atoms with Crippen LogP contribution in [0.3, 0.4) is 0 Å². The van der Waals surface area contributed by atoms with Gasteiger partial charge in [0, 0.05) is 6.20 Å². The minimum Gasteiger partial charge on any atom is -0.435 e. The van der Waals surface area contributed by atoms with E-state index in [1.54, 1.807) is 18.2 Å². The van der Waals surface area contributed by atoms with E-state index in [1.807, 2.05) is 6.07 Å². The standard InChI is InChI=1S/C12H6BrClIN3O/c13-8-3-7(14)5-18-12(8)19-11-9(15)1-6(4-16)2-10(11)17/h1-3,5H,17H2. The van der Waals surface area contributed by atoms with Crippen molar-refractivity contribution >= 4 is 55.8 Å². The summed E-state index contributed by atoms with van der Waals surface area (Å²) in [4.78, 5) is 4.07. The van der Waals surface area contributed by atoms with Gasteiger partial charge in [0.2, 0.25) is 5.88 Å². The molecule has 0 amide bonds. The number of ether oxygens (including phenoxy) is 1. The summed E-state index contributed by atoms with van der Waals surface area (Å²) in [5.41, 5.74) is 6.74. The molecule has 0 saturated heterocycles. The number of nitrogen functional groups attached to an aromatic ring is 1. The molecule has 0 aliphatic rings. The molecular weight excluding hydrogens is 444 g/mol. The van der Waals surface area contributed by atoms with Crippen LogP contribution in [0.4, 0.5) is 5.69 Å². The first-order valence-electron chi connectivity index (χ1n) is 4.99. The molecule has 0 bridgehead atoms. The average molecular weight is 450 g/mol. The van der Waals surface area contributed by atoms with Gasteiger partial charge >= 0.3 is 0 Å². The van der Waals surface area contributed by atoms with Crippen molar-refractivity contribution in [3.05, 3.63) is 43.0 Å². The number of nitrogens with zero attached hydrogens (tertiary/aromatic N) is 2. The summed E-state index contributed by atoms with van der Waals surface area (Å²) in [6.07, 6.45) is 1.48. The molecule has 7 heteroatoms. The highest BCUT2D eigenvalue weighted by molar-refractivity contribution is 14.1. The molecule has 2 N–H and O–H groups in total. The van der Waals surface area contributed by atoms with Gasteiger partial charge in [0.1, 0.15) is 0 Å². The van der Waals surface area contributed by atoms with E-state index in [0.717, 1.165) is 3.57 Å². The second-order valence-corrected chi connectivity index (χ2v) is 5.98. The van der Waals surface area contributed by atoms with E-state index in [4.69, 9.17) is 27.3 Å². The van der Waals surface area contributed by atoms with Gasteiger partial charge in [-0.3, -0.25) is 0 Å². The Bertz CT molecular complexity index is 664. The van der Waals surface area contributed by atoms with Gasteiger partial charge in [0.15, 0.2) is 5.75 Å². The molecular formula is C12H6BrClIN3O. The summed E-state index contributed by atoms with van der Waals surface area (Å²) in [7, 11) is 0. The van der Waals surface area contributed by atoms with Gasteiger partial charge in [-0.15, -0.1) is 0 Å². The average Bonchev–Trinajstić information content (AvgIpc) is 2.35. The highest BCUT2D eigenvalue weighted by atomic mass is 127. The number of anilines is 1. The predicted octanol–water partition coefficient (Wildman–Crippen LogP) is 4.35. The fourth-order valence-electron chi connectivity index (χ4n) is 1.36. The summed E-state index contributed by atoms with van der Waals surface area (Å²) in [5.74, 6) is 0.828. The highest BCUT2D eigenvalue weighted by Gasteiger charge is 2.12. The SMILES string of the molecule is N#Cc1cc(N)c(Oc2ncc(Cl)cc2Br)c(I)c1. The van der Waals surface area contributed by atoms with Crippen molar-refractivity contribution < 1.29 is 4.74 Å². The van der Waals surface area contributed by atoms with Crippen molar-refractivity contribution in [1.82, 2.24) is 4.98 Å². The molecule has 0 atom stereocenters. The monoisotopic (exact) mass is 449 g/mol. The third kappa shape index (κ3) is 3.29. The Morgan fingerprint density at radius 1 is 1.42 bits per heavy atom. The van der Waals surface area contributed by atoms with Crippen molar-refractivity contribution in [3.8, 4) is 17.7 Å². The number of benzene rings is 1. The molecule has 1 aromatic carbocycles. The zero-order valence-corrected chi connectivity index (χ0v) is 13.8. The van der Waals surface area contributed by atoms with Crippen LogP contribution in [0.2, 0.25) is 5.02 Å². The molecule has 0 saturated carbocycles. The van der Waals surface area contributed by atoms with Crippen molar-refractivity contribution in [3.63, 3.8) is 0 Å². The normalized spacial score (nSPS) is 10.0. The van der Waals surface area contributed by atoms with Gasteiger partial charge in [-0.1, -0.05) is 11.6 Å². The molecule has 0 aliphatic heterocycles. The fourth-order valence-corrected chi connectivity index (χ4v) is 2.84. The Balaban J connectivity index is 2.41. The number of nitriles is 1. The Kier molecular flexibility index (Phi) is 4.50. The van der Waals surface area contributed by atoms with Crippen molar-refractivity contribution in [1.29, 1.82) is 5.26 Å². The molecule has 1 heterocycles. The minimum atomic E-state index is 0.360. The Hall–Kier alpha value is -1.04. The molecule has 2 aromatic rings. The lowest BCUT2D eigenvalue weighted by molar-refractivity contribution is 0.459. The van der Waals surface area contributed by atoms with Gasteiger partial charge in [0.25, 0.3) is 0 Å². The summed E-state index contributed by atoms with van der Waals surface area (Å²) in [5, 5.41) is 9.36. The van der Waals surface area contributed by atoms with E-state index >= 15 is 0 Å². The first-order valence-corrected chi connectivity index (χ1v) is 7.24. The van der Waals surface area contributed by atoms with E-state index < -0.39 is 0 Å². The number of rotatable bonds is 2. The highest BCUT2D eigenvalue weighted by Crippen LogP contribution is 2.36. The Morgan fingerprint density at radius 3 is 2.74 bits per heavy atom. The van der Waals surface area contributed by atoms with Crippen LogP contribution in [-0.4, -0.2) is 4.98 Å². The lowest BCUT2D eigenvalue weighted by Crippen LogP contribution is -1.97. The lowest BCUT2D eigenvalue weighted by Gasteiger charge is -2.11. The number of hydrogen-bond donors (Lipinski definition) is 1. The summed E-state index contributed by atoms with van der Waals surface area (Å²) in [6.45, 7) is 0. The molecule has 0 radical (unpaired) electrons. The predicted molar refractivity (Wildman–Crippen MR) is 85.3 cm³/mol. The molecule has 1 aromatic heterocycles. The van der Waals surface area contributed by atoms with Crippen molar-refractivity contribution in [2.75, 3.05) is 5.73 Å². The number of pyridine rings is 1. The maximum Gasteiger partial charge on any atom is 0.233 e. The van der Waals surface area contributed by atoms with Crippen LogP contribution in [0.5, 0.6) is 11.6 Å². The van der Waals surface area contributed by atoms with Gasteiger partial charge in [-0.05, 0) is 56.7 Å². The van der Waals surface area contributed by atoms with Crippen LogP contribution < -0.4 is 10.5 Å². The molecule has 0 fully saturated rings. The smallest absolute Gasteiger partial charge is 0.233 e. The molecule has 96 valence electrons. The van der Waals surface area contributed by atoms with Crippen molar-refractivity contribution in [2.45, 2.75) is 0 Å². The van der Waals surface area contributed by atoms with Crippen LogP contribution in [0, 0.1) is 14.9 Å². The molecule has 2 rings (SSSR count). The van der Waals surface area contributed by atoms with E-state index in [-0.39, 0.29) is 0 Å². The van der Waals surface area contributed by atoms with Gasteiger partial charge in [-0.25, -0.2) is 4.98 Å². The third-order valence-corrected chi connectivity index (χ3v) is 3.75. The van der Waals surface area contributed by atoms with Gasteiger partial charge in [0.05, 0.1) is 30.4 Å². The second-order valence-electron chi connectivity index (χ2n) is 3.53. The van der Waals surface area contributed by atoms with E-state index in [9.17, 15) is 0 Å². The maximum absolute atomic E-state index is 8.86. The first kappa shape index (κ1) is 14.4. The zero-order chi connectivity index (χ0) is 14.0. The number of nitrogens with two attached hydrogens (primary N) is 1. The Labute approximate surface area is 136 Å². The second kappa shape index (κ2) is 5.94. The molecule has 4 nitrogen and oxygen atoms in total.